The molecule has 1 unspecified atom stereocenters. The van der Waals surface area contributed by atoms with Crippen LogP contribution in [0.15, 0.2) is 24.3 Å². The predicted molar refractivity (Wildman–Crippen MR) is 113 cm³/mol. The van der Waals surface area contributed by atoms with Gasteiger partial charge in [0.15, 0.2) is 6.61 Å². The van der Waals surface area contributed by atoms with E-state index in [1.165, 1.54) is 49.8 Å². The van der Waals surface area contributed by atoms with Crippen molar-refractivity contribution < 1.29 is 22.3 Å². The standard InChI is InChI=1S/C21H32FN3O4S/c1-30(27,28)25(15-14-23-11-3-2-4-12-23)19-6-5-13-24(16-19)21(26)17-29-20-9-7-18(22)8-10-20/h7-10,19H,2-6,11-17H2,1H3. The number of nitrogens with zero attached hydrogens (tertiary/aromatic N) is 3. The number of amides is 1. The zero-order valence-electron chi connectivity index (χ0n) is 17.6. The van der Waals surface area contributed by atoms with Crippen molar-refractivity contribution in [2.75, 3.05) is 52.1 Å². The second-order valence-corrected chi connectivity index (χ2v) is 10.1. The minimum atomic E-state index is -3.37. The van der Waals surface area contributed by atoms with E-state index >= 15 is 0 Å². The Hall–Kier alpha value is -1.71. The smallest absolute Gasteiger partial charge is 0.260 e. The normalized spacial score (nSPS) is 21.0. The molecule has 0 N–H and O–H groups in total. The number of rotatable bonds is 8. The average molecular weight is 442 g/mol. The molecule has 2 fully saturated rings. The number of carbonyl (C=O) groups excluding carboxylic acids is 1. The lowest BCUT2D eigenvalue weighted by Gasteiger charge is -2.39. The number of hydrogen-bond acceptors (Lipinski definition) is 5. The van der Waals surface area contributed by atoms with Gasteiger partial charge < -0.3 is 14.5 Å². The molecule has 30 heavy (non-hydrogen) atoms. The van der Waals surface area contributed by atoms with E-state index in [2.05, 4.69) is 4.90 Å². The van der Waals surface area contributed by atoms with Gasteiger partial charge in [-0.3, -0.25) is 4.79 Å². The molecular weight excluding hydrogens is 409 g/mol. The second-order valence-electron chi connectivity index (χ2n) is 8.15. The Labute approximate surface area is 178 Å². The fraction of sp³-hybridized carbons (Fsp3) is 0.667. The SMILES string of the molecule is CS(=O)(=O)N(CCN1CCCCC1)C1CCCN(C(=O)COc2ccc(F)cc2)C1. The first-order chi connectivity index (χ1) is 14.3. The van der Waals surface area contributed by atoms with Crippen LogP contribution in [0.1, 0.15) is 32.1 Å². The van der Waals surface area contributed by atoms with Gasteiger partial charge in [-0.15, -0.1) is 0 Å². The summed E-state index contributed by atoms with van der Waals surface area (Å²) < 4.78 is 45.0. The summed E-state index contributed by atoms with van der Waals surface area (Å²) >= 11 is 0. The molecular formula is C21H32FN3O4S. The van der Waals surface area contributed by atoms with Crippen LogP contribution in [0.5, 0.6) is 5.75 Å². The summed E-state index contributed by atoms with van der Waals surface area (Å²) in [6, 6.07) is 5.31. The molecule has 3 rings (SSSR count). The van der Waals surface area contributed by atoms with Crippen molar-refractivity contribution in [1.29, 1.82) is 0 Å². The number of halogens is 1. The third-order valence-corrected chi connectivity index (χ3v) is 7.18. The van der Waals surface area contributed by atoms with Crippen molar-refractivity contribution in [3.8, 4) is 5.75 Å². The topological polar surface area (TPSA) is 70.2 Å². The fourth-order valence-electron chi connectivity index (χ4n) is 4.23. The Morgan fingerprint density at radius 2 is 1.83 bits per heavy atom. The van der Waals surface area contributed by atoms with Crippen molar-refractivity contribution in [3.63, 3.8) is 0 Å². The molecule has 7 nitrogen and oxygen atoms in total. The van der Waals surface area contributed by atoms with E-state index in [0.29, 0.717) is 25.4 Å². The largest absolute Gasteiger partial charge is 0.484 e. The molecule has 1 aromatic rings. The van der Waals surface area contributed by atoms with Gasteiger partial charge in [0.05, 0.1) is 6.26 Å². The van der Waals surface area contributed by atoms with Gasteiger partial charge in [0, 0.05) is 32.2 Å². The van der Waals surface area contributed by atoms with Crippen LogP contribution in [0.3, 0.4) is 0 Å². The van der Waals surface area contributed by atoms with Crippen LogP contribution in [-0.4, -0.2) is 86.6 Å². The summed E-state index contributed by atoms with van der Waals surface area (Å²) in [6.07, 6.45) is 6.32. The lowest BCUT2D eigenvalue weighted by Crippen LogP contribution is -2.53. The average Bonchev–Trinajstić information content (AvgIpc) is 2.73. The maximum atomic E-state index is 13.0. The predicted octanol–water partition coefficient (Wildman–Crippen LogP) is 1.94. The highest BCUT2D eigenvalue weighted by molar-refractivity contribution is 7.88. The molecule has 2 saturated heterocycles. The quantitative estimate of drug-likeness (QED) is 0.617. The Morgan fingerprint density at radius 3 is 2.50 bits per heavy atom. The summed E-state index contributed by atoms with van der Waals surface area (Å²) in [5.74, 6) is -0.121. The monoisotopic (exact) mass is 441 g/mol. The maximum absolute atomic E-state index is 13.0. The van der Waals surface area contributed by atoms with Crippen LogP contribution in [0, 0.1) is 5.82 Å². The first kappa shape index (κ1) is 23.0. The molecule has 0 aliphatic carbocycles. The Bertz CT molecular complexity index is 797. The number of likely N-dealkylation sites (tertiary alicyclic amines) is 2. The molecule has 2 aliphatic heterocycles. The van der Waals surface area contributed by atoms with Crippen LogP contribution >= 0.6 is 0 Å². The van der Waals surface area contributed by atoms with Gasteiger partial charge in [-0.05, 0) is 63.0 Å². The van der Waals surface area contributed by atoms with Gasteiger partial charge in [0.25, 0.3) is 5.91 Å². The van der Waals surface area contributed by atoms with Crippen molar-refractivity contribution in [1.82, 2.24) is 14.1 Å². The molecule has 0 saturated carbocycles. The molecule has 1 atom stereocenters. The van der Waals surface area contributed by atoms with Crippen LogP contribution in [0.25, 0.3) is 0 Å². The molecule has 0 bridgehead atoms. The fourth-order valence-corrected chi connectivity index (χ4v) is 5.35. The third kappa shape index (κ3) is 6.65. The van der Waals surface area contributed by atoms with Gasteiger partial charge in [-0.2, -0.15) is 4.31 Å². The summed E-state index contributed by atoms with van der Waals surface area (Å²) in [7, 11) is -3.37. The van der Waals surface area contributed by atoms with Crippen molar-refractivity contribution >= 4 is 15.9 Å². The Balaban J connectivity index is 1.55. The molecule has 0 spiro atoms. The summed E-state index contributed by atoms with van der Waals surface area (Å²) in [6.45, 7) is 4.04. The first-order valence-corrected chi connectivity index (χ1v) is 12.5. The number of ether oxygens (including phenoxy) is 1. The van der Waals surface area contributed by atoms with Gasteiger partial charge in [-0.25, -0.2) is 12.8 Å². The summed E-state index contributed by atoms with van der Waals surface area (Å²) in [5, 5.41) is 0. The number of piperidine rings is 2. The molecule has 2 heterocycles. The van der Waals surface area contributed by atoms with E-state index < -0.39 is 10.0 Å². The van der Waals surface area contributed by atoms with Crippen molar-refractivity contribution in [3.05, 3.63) is 30.1 Å². The van der Waals surface area contributed by atoms with Crippen LogP contribution < -0.4 is 4.74 Å². The zero-order chi connectivity index (χ0) is 21.6. The highest BCUT2D eigenvalue weighted by atomic mass is 32.2. The molecule has 1 aromatic carbocycles. The van der Waals surface area contributed by atoms with E-state index in [0.717, 1.165) is 32.5 Å². The highest BCUT2D eigenvalue weighted by Gasteiger charge is 2.32. The van der Waals surface area contributed by atoms with Crippen LogP contribution in [-0.2, 0) is 14.8 Å². The molecule has 0 radical (unpaired) electrons. The number of hydrogen-bond donors (Lipinski definition) is 0. The minimum absolute atomic E-state index is 0.148. The van der Waals surface area contributed by atoms with Gasteiger partial charge >= 0.3 is 0 Å². The maximum Gasteiger partial charge on any atom is 0.260 e. The minimum Gasteiger partial charge on any atom is -0.484 e. The number of carbonyl (C=O) groups is 1. The zero-order valence-corrected chi connectivity index (χ0v) is 18.4. The van der Waals surface area contributed by atoms with E-state index in [9.17, 15) is 17.6 Å². The van der Waals surface area contributed by atoms with E-state index in [1.807, 2.05) is 0 Å². The van der Waals surface area contributed by atoms with E-state index in [-0.39, 0.29) is 24.4 Å². The summed E-state index contributed by atoms with van der Waals surface area (Å²) in [4.78, 5) is 16.6. The van der Waals surface area contributed by atoms with Gasteiger partial charge in [0.2, 0.25) is 10.0 Å². The lowest BCUT2D eigenvalue weighted by atomic mass is 10.1. The molecule has 1 amide bonds. The second kappa shape index (κ2) is 10.5. The lowest BCUT2D eigenvalue weighted by molar-refractivity contribution is -0.135. The number of benzene rings is 1. The third-order valence-electron chi connectivity index (χ3n) is 5.84. The number of sulfonamides is 1. The van der Waals surface area contributed by atoms with Crippen molar-refractivity contribution in [2.24, 2.45) is 0 Å². The van der Waals surface area contributed by atoms with Crippen LogP contribution in [0.4, 0.5) is 4.39 Å². The Kier molecular flexibility index (Phi) is 8.07. The Morgan fingerprint density at radius 1 is 1.13 bits per heavy atom. The van der Waals surface area contributed by atoms with Gasteiger partial charge in [0.1, 0.15) is 11.6 Å². The highest BCUT2D eigenvalue weighted by Crippen LogP contribution is 2.20. The summed E-state index contributed by atoms with van der Waals surface area (Å²) in [5.41, 5.74) is 0. The molecule has 9 heteroatoms. The van der Waals surface area contributed by atoms with E-state index in [1.54, 1.807) is 9.21 Å². The van der Waals surface area contributed by atoms with Gasteiger partial charge in [-0.1, -0.05) is 6.42 Å². The first-order valence-electron chi connectivity index (χ1n) is 10.7. The molecule has 0 aromatic heterocycles. The van der Waals surface area contributed by atoms with E-state index in [4.69, 9.17) is 4.74 Å². The van der Waals surface area contributed by atoms with Crippen molar-refractivity contribution in [2.45, 2.75) is 38.1 Å². The molecule has 168 valence electrons. The molecule has 2 aliphatic rings. The van der Waals surface area contributed by atoms with Crippen LogP contribution in [0.2, 0.25) is 0 Å².